The zero-order valence-corrected chi connectivity index (χ0v) is 19.2. The molecule has 1 heterocycles. The lowest BCUT2D eigenvalue weighted by atomic mass is 10.2. The van der Waals surface area contributed by atoms with Crippen LogP contribution in [-0.4, -0.2) is 22.9 Å². The van der Waals surface area contributed by atoms with E-state index in [2.05, 4.69) is 34.9 Å². The third kappa shape index (κ3) is 5.87. The molecule has 0 unspecified atom stereocenters. The summed E-state index contributed by atoms with van der Waals surface area (Å²) in [7, 11) is -1.98. The van der Waals surface area contributed by atoms with Gasteiger partial charge >= 0.3 is 0 Å². The molecule has 1 fully saturated rings. The van der Waals surface area contributed by atoms with E-state index in [0.29, 0.717) is 23.1 Å². The molecule has 2 N–H and O–H groups in total. The highest BCUT2D eigenvalue weighted by Crippen LogP contribution is 2.32. The monoisotopic (exact) mass is 469 g/mol. The van der Waals surface area contributed by atoms with E-state index in [1.807, 2.05) is 66.7 Å². The van der Waals surface area contributed by atoms with Crippen LogP contribution in [0.15, 0.2) is 91.0 Å². The van der Waals surface area contributed by atoms with Gasteiger partial charge in [0.05, 0.1) is 5.69 Å². The molecule has 0 radical (unpaired) electrons. The number of nitrogens with one attached hydrogen (secondary N) is 2. The summed E-state index contributed by atoms with van der Waals surface area (Å²) in [5.74, 6) is 0. The van der Waals surface area contributed by atoms with E-state index < -0.39 is 10.0 Å². The van der Waals surface area contributed by atoms with Crippen LogP contribution in [-0.2, 0) is 23.1 Å². The molecule has 0 bridgehead atoms. The zero-order valence-electron chi connectivity index (χ0n) is 16.8. The van der Waals surface area contributed by atoms with Gasteiger partial charge in [0.25, 0.3) is 0 Å². The second-order valence-electron chi connectivity index (χ2n) is 6.85. The van der Waals surface area contributed by atoms with Crippen molar-refractivity contribution < 1.29 is 8.42 Å². The quantitative estimate of drug-likeness (QED) is 0.553. The van der Waals surface area contributed by atoms with E-state index >= 15 is 0 Å². The standard InChI is InChI=1S/C23H23N3O2S3/c27-31(28)18-29-23(26(31)21-14-8-3-9-15-21)30-22(24-16-19-10-4-1-5-11-19)25-17-20-12-6-2-7-13-20/h1-15,24-25H,16-18H2. The van der Waals surface area contributed by atoms with Crippen LogP contribution >= 0.6 is 22.7 Å². The van der Waals surface area contributed by atoms with Crippen molar-refractivity contribution in [2.24, 2.45) is 0 Å². The summed E-state index contributed by atoms with van der Waals surface area (Å²) in [5.41, 5.74) is 2.96. The summed E-state index contributed by atoms with van der Waals surface area (Å²) < 4.78 is 27.6. The molecule has 3 aromatic rings. The van der Waals surface area contributed by atoms with E-state index in [-0.39, 0.29) is 5.08 Å². The molecule has 0 aliphatic carbocycles. The molecular weight excluding hydrogens is 446 g/mol. The Morgan fingerprint density at radius 2 is 1.29 bits per heavy atom. The Balaban J connectivity index is 1.66. The zero-order chi connectivity index (χ0) is 21.5. The second kappa shape index (κ2) is 10.3. The number of nitrogens with zero attached hydrogens (tertiary/aromatic N) is 1. The van der Waals surface area contributed by atoms with Crippen LogP contribution < -0.4 is 14.9 Å². The number of rotatable bonds is 5. The first-order valence-corrected chi connectivity index (χ1v) is 13.2. The fourth-order valence-electron chi connectivity index (χ4n) is 3.03. The maximum Gasteiger partial charge on any atom is 0.250 e. The minimum Gasteiger partial charge on any atom is -0.266 e. The lowest BCUT2D eigenvalue weighted by molar-refractivity contribution is 0.603. The molecule has 0 atom stereocenters. The Bertz CT molecular complexity index is 1130. The van der Waals surface area contributed by atoms with Gasteiger partial charge in [0.15, 0.2) is 0 Å². The Morgan fingerprint density at radius 3 is 1.81 bits per heavy atom. The third-order valence-electron chi connectivity index (χ3n) is 4.55. The predicted octanol–water partition coefficient (Wildman–Crippen LogP) is 4.01. The highest BCUT2D eigenvalue weighted by atomic mass is 32.3. The minimum absolute atomic E-state index is 0.0366. The van der Waals surface area contributed by atoms with Crippen molar-refractivity contribution in [1.82, 2.24) is 10.6 Å². The molecule has 8 heteroatoms. The number of para-hydroxylation sites is 1. The molecule has 160 valence electrons. The van der Waals surface area contributed by atoms with Crippen molar-refractivity contribution >= 4 is 47.8 Å². The first-order valence-electron chi connectivity index (χ1n) is 9.80. The van der Waals surface area contributed by atoms with Crippen molar-refractivity contribution in [3.63, 3.8) is 0 Å². The average Bonchev–Trinajstić information content (AvgIpc) is 3.11. The van der Waals surface area contributed by atoms with Crippen molar-refractivity contribution in [2.45, 2.75) is 13.1 Å². The molecule has 5 nitrogen and oxygen atoms in total. The molecule has 0 spiro atoms. The molecule has 0 saturated carbocycles. The highest BCUT2D eigenvalue weighted by Gasteiger charge is 2.34. The van der Waals surface area contributed by atoms with Crippen molar-refractivity contribution in [3.8, 4) is 0 Å². The summed E-state index contributed by atoms with van der Waals surface area (Å²) in [6.45, 7) is 1.28. The van der Waals surface area contributed by atoms with Crippen LogP contribution in [0.1, 0.15) is 11.1 Å². The molecule has 1 aliphatic rings. The molecule has 1 saturated heterocycles. The highest BCUT2D eigenvalue weighted by molar-refractivity contribution is 8.35. The molecule has 3 aromatic carbocycles. The van der Waals surface area contributed by atoms with Gasteiger partial charge in [-0.1, -0.05) is 102 Å². The van der Waals surface area contributed by atoms with Gasteiger partial charge < -0.3 is 0 Å². The van der Waals surface area contributed by atoms with Crippen LogP contribution in [0.5, 0.6) is 0 Å². The fraction of sp³-hybridized carbons (Fsp3) is 0.130. The fourth-order valence-corrected chi connectivity index (χ4v) is 7.86. The van der Waals surface area contributed by atoms with Crippen molar-refractivity contribution in [1.29, 1.82) is 0 Å². The first kappa shape index (κ1) is 21.9. The molecule has 1 aliphatic heterocycles. The topological polar surface area (TPSA) is 61.4 Å². The summed E-state index contributed by atoms with van der Waals surface area (Å²) in [5, 5.41) is 7.74. The number of hydrogen-bond donors (Lipinski definition) is 2. The van der Waals surface area contributed by atoms with Crippen LogP contribution in [0.2, 0.25) is 0 Å². The summed E-state index contributed by atoms with van der Waals surface area (Å²) >= 11 is 1.34. The summed E-state index contributed by atoms with van der Waals surface area (Å²) in [4.78, 5) is 0. The van der Waals surface area contributed by atoms with Crippen molar-refractivity contribution in [3.05, 3.63) is 102 Å². The van der Waals surface area contributed by atoms with Crippen LogP contribution in [0.3, 0.4) is 0 Å². The van der Waals surface area contributed by atoms with Gasteiger partial charge in [-0.3, -0.25) is 10.6 Å². The molecule has 0 amide bonds. The van der Waals surface area contributed by atoms with Gasteiger partial charge in [-0.2, -0.15) is 0 Å². The number of thioether (sulfide) groups is 1. The molecule has 4 rings (SSSR count). The van der Waals surface area contributed by atoms with Crippen LogP contribution in [0, 0.1) is 0 Å². The van der Waals surface area contributed by atoms with Gasteiger partial charge in [0, 0.05) is 13.1 Å². The molecular formula is C23H23N3O2S3. The SMILES string of the molecule is O=S1(=O)CSC(=S=C(NCc2ccccc2)NCc2ccccc2)N1c1ccccc1. The molecule has 31 heavy (non-hydrogen) atoms. The smallest absolute Gasteiger partial charge is 0.250 e. The predicted molar refractivity (Wildman–Crippen MR) is 134 cm³/mol. The molecule has 0 aromatic heterocycles. The Labute approximate surface area is 191 Å². The van der Waals surface area contributed by atoms with E-state index in [9.17, 15) is 8.42 Å². The summed E-state index contributed by atoms with van der Waals surface area (Å²) in [6, 6.07) is 29.5. The van der Waals surface area contributed by atoms with Gasteiger partial charge in [-0.25, -0.2) is 12.7 Å². The Morgan fingerprint density at radius 1 is 0.806 bits per heavy atom. The van der Waals surface area contributed by atoms with Gasteiger partial charge in [-0.15, -0.1) is 0 Å². The normalized spacial score (nSPS) is 15.1. The van der Waals surface area contributed by atoms with E-state index in [1.54, 1.807) is 0 Å². The van der Waals surface area contributed by atoms with Gasteiger partial charge in [0.2, 0.25) is 10.0 Å². The Kier molecular flexibility index (Phi) is 7.26. The first-order chi connectivity index (χ1) is 15.1. The number of anilines is 1. The van der Waals surface area contributed by atoms with E-state index in [4.69, 9.17) is 0 Å². The van der Waals surface area contributed by atoms with Crippen LogP contribution in [0.4, 0.5) is 5.69 Å². The Hall–Kier alpha value is -2.36. The van der Waals surface area contributed by atoms with Gasteiger partial charge in [-0.05, 0) is 23.3 Å². The van der Waals surface area contributed by atoms with E-state index in [0.717, 1.165) is 16.2 Å². The lowest BCUT2D eigenvalue weighted by Gasteiger charge is -2.17. The lowest BCUT2D eigenvalue weighted by Crippen LogP contribution is -2.36. The van der Waals surface area contributed by atoms with Gasteiger partial charge in [0.1, 0.15) is 14.5 Å². The maximum absolute atomic E-state index is 12.7. The number of benzene rings is 3. The second-order valence-corrected chi connectivity index (χ2v) is 11.3. The number of hydrogen-bond acceptors (Lipinski definition) is 3. The van der Waals surface area contributed by atoms with Crippen molar-refractivity contribution in [2.75, 3.05) is 9.39 Å². The minimum atomic E-state index is -3.40. The largest absolute Gasteiger partial charge is 0.266 e. The maximum atomic E-state index is 12.7. The average molecular weight is 470 g/mol. The number of sulfonamides is 1. The van der Waals surface area contributed by atoms with Crippen LogP contribution in [0.25, 0.3) is 0 Å². The third-order valence-corrected chi connectivity index (χ3v) is 9.27. The van der Waals surface area contributed by atoms with E-state index in [1.165, 1.54) is 27.0 Å². The summed E-state index contributed by atoms with van der Waals surface area (Å²) in [6.07, 6.45) is 0.